The topological polar surface area (TPSA) is 24.9 Å². The summed E-state index contributed by atoms with van der Waals surface area (Å²) in [4.78, 5) is 4.28. The fraction of sp³-hybridized carbons (Fsp3) is 0.500. The lowest BCUT2D eigenvalue weighted by atomic mass is 10.1. The Kier molecular flexibility index (Phi) is 6.09. The first kappa shape index (κ1) is 13.7. The third-order valence-electron chi connectivity index (χ3n) is 2.40. The maximum absolute atomic E-state index is 4.28. The maximum Gasteiger partial charge on any atom is 0.0372 e. The SMILES string of the molecule is Cc1ccc([C@H]2CCCN2)cn1.Cl.Cl. The van der Waals surface area contributed by atoms with E-state index in [0.717, 1.165) is 12.2 Å². The van der Waals surface area contributed by atoms with Gasteiger partial charge in [0.15, 0.2) is 0 Å². The Balaban J connectivity index is 0.000000845. The number of rotatable bonds is 1. The molecule has 0 aliphatic carbocycles. The number of aromatic nitrogens is 1. The first-order valence-corrected chi connectivity index (χ1v) is 4.52. The standard InChI is InChI=1S/C10H14N2.2ClH/c1-8-4-5-9(7-12-8)10-3-2-6-11-10;;/h4-5,7,10-11H,2-3,6H2,1H3;2*1H/t10-;;/m1../s1. The highest BCUT2D eigenvalue weighted by Gasteiger charge is 2.15. The summed E-state index contributed by atoms with van der Waals surface area (Å²) in [7, 11) is 0. The van der Waals surface area contributed by atoms with Crippen LogP contribution in [-0.4, -0.2) is 11.5 Å². The van der Waals surface area contributed by atoms with Crippen LogP contribution in [-0.2, 0) is 0 Å². The predicted molar refractivity (Wildman–Crippen MR) is 63.4 cm³/mol. The summed E-state index contributed by atoms with van der Waals surface area (Å²) in [5.74, 6) is 0. The van der Waals surface area contributed by atoms with Crippen LogP contribution < -0.4 is 5.32 Å². The Morgan fingerprint density at radius 2 is 2.14 bits per heavy atom. The van der Waals surface area contributed by atoms with Crippen LogP contribution in [0.1, 0.15) is 30.1 Å². The van der Waals surface area contributed by atoms with Crippen LogP contribution in [0.25, 0.3) is 0 Å². The third-order valence-corrected chi connectivity index (χ3v) is 2.40. The molecule has 1 fully saturated rings. The van der Waals surface area contributed by atoms with Crippen molar-refractivity contribution in [2.75, 3.05) is 6.54 Å². The summed E-state index contributed by atoms with van der Waals surface area (Å²) in [6.07, 6.45) is 4.53. The molecule has 1 aliphatic heterocycles. The summed E-state index contributed by atoms with van der Waals surface area (Å²) < 4.78 is 0. The van der Waals surface area contributed by atoms with E-state index in [0.29, 0.717) is 6.04 Å². The normalized spacial score (nSPS) is 19.6. The molecule has 1 saturated heterocycles. The lowest BCUT2D eigenvalue weighted by molar-refractivity contribution is 0.644. The molecule has 1 aromatic heterocycles. The van der Waals surface area contributed by atoms with Crippen LogP contribution in [0.3, 0.4) is 0 Å². The second-order valence-electron chi connectivity index (χ2n) is 3.38. The fourth-order valence-corrected chi connectivity index (χ4v) is 1.65. The molecule has 0 aromatic carbocycles. The molecule has 2 heterocycles. The Morgan fingerprint density at radius 3 is 2.64 bits per heavy atom. The molecule has 0 unspecified atom stereocenters. The highest BCUT2D eigenvalue weighted by molar-refractivity contribution is 5.85. The largest absolute Gasteiger partial charge is 0.310 e. The van der Waals surface area contributed by atoms with Gasteiger partial charge in [-0.25, -0.2) is 0 Å². The molecular weight excluding hydrogens is 219 g/mol. The van der Waals surface area contributed by atoms with Gasteiger partial charge in [-0.15, -0.1) is 24.8 Å². The van der Waals surface area contributed by atoms with E-state index in [1.165, 1.54) is 18.4 Å². The van der Waals surface area contributed by atoms with Gasteiger partial charge in [0.1, 0.15) is 0 Å². The van der Waals surface area contributed by atoms with Crippen molar-refractivity contribution in [1.82, 2.24) is 10.3 Å². The molecule has 1 atom stereocenters. The van der Waals surface area contributed by atoms with Crippen molar-refractivity contribution in [2.24, 2.45) is 0 Å². The quantitative estimate of drug-likeness (QED) is 0.809. The van der Waals surface area contributed by atoms with Gasteiger partial charge in [-0.2, -0.15) is 0 Å². The van der Waals surface area contributed by atoms with Crippen molar-refractivity contribution >= 4 is 24.8 Å². The zero-order valence-electron chi connectivity index (χ0n) is 8.19. The summed E-state index contributed by atoms with van der Waals surface area (Å²) in [5, 5.41) is 3.45. The molecule has 1 N–H and O–H groups in total. The van der Waals surface area contributed by atoms with E-state index < -0.39 is 0 Å². The van der Waals surface area contributed by atoms with Gasteiger partial charge in [0, 0.05) is 17.9 Å². The molecule has 80 valence electrons. The number of halogens is 2. The maximum atomic E-state index is 4.28. The predicted octanol–water partition coefficient (Wildman–Crippen LogP) is 2.66. The Bertz CT molecular complexity index is 255. The van der Waals surface area contributed by atoms with E-state index in [9.17, 15) is 0 Å². The minimum absolute atomic E-state index is 0. The van der Waals surface area contributed by atoms with Gasteiger partial charge >= 0.3 is 0 Å². The molecule has 4 heteroatoms. The summed E-state index contributed by atoms with van der Waals surface area (Å²) in [5.41, 5.74) is 2.43. The minimum Gasteiger partial charge on any atom is -0.310 e. The van der Waals surface area contributed by atoms with Gasteiger partial charge in [-0.05, 0) is 37.9 Å². The molecule has 0 spiro atoms. The van der Waals surface area contributed by atoms with E-state index in [2.05, 4.69) is 22.4 Å². The number of nitrogens with zero attached hydrogens (tertiary/aromatic N) is 1. The van der Waals surface area contributed by atoms with Gasteiger partial charge in [0.2, 0.25) is 0 Å². The lowest BCUT2D eigenvalue weighted by Crippen LogP contribution is -2.12. The average molecular weight is 235 g/mol. The summed E-state index contributed by atoms with van der Waals surface area (Å²) in [6, 6.07) is 4.80. The minimum atomic E-state index is 0. The molecule has 0 saturated carbocycles. The monoisotopic (exact) mass is 234 g/mol. The number of hydrogen-bond acceptors (Lipinski definition) is 2. The smallest absolute Gasteiger partial charge is 0.0372 e. The van der Waals surface area contributed by atoms with Crippen molar-refractivity contribution in [3.8, 4) is 0 Å². The molecular formula is C10H16Cl2N2. The van der Waals surface area contributed by atoms with Crippen molar-refractivity contribution in [3.63, 3.8) is 0 Å². The van der Waals surface area contributed by atoms with Gasteiger partial charge in [-0.1, -0.05) is 6.07 Å². The van der Waals surface area contributed by atoms with E-state index in [4.69, 9.17) is 0 Å². The van der Waals surface area contributed by atoms with Crippen molar-refractivity contribution in [3.05, 3.63) is 29.6 Å². The number of pyridine rings is 1. The molecule has 14 heavy (non-hydrogen) atoms. The second kappa shape index (κ2) is 6.23. The summed E-state index contributed by atoms with van der Waals surface area (Å²) >= 11 is 0. The van der Waals surface area contributed by atoms with E-state index >= 15 is 0 Å². The van der Waals surface area contributed by atoms with E-state index in [-0.39, 0.29) is 24.8 Å². The van der Waals surface area contributed by atoms with Gasteiger partial charge in [0.25, 0.3) is 0 Å². The Hall–Kier alpha value is -0.310. The Morgan fingerprint density at radius 1 is 1.36 bits per heavy atom. The fourth-order valence-electron chi connectivity index (χ4n) is 1.65. The number of nitrogens with one attached hydrogen (secondary N) is 1. The van der Waals surface area contributed by atoms with Crippen LogP contribution in [0.5, 0.6) is 0 Å². The first-order valence-electron chi connectivity index (χ1n) is 4.52. The molecule has 0 radical (unpaired) electrons. The Labute approximate surface area is 97.3 Å². The molecule has 0 amide bonds. The van der Waals surface area contributed by atoms with Crippen molar-refractivity contribution < 1.29 is 0 Å². The lowest BCUT2D eigenvalue weighted by Gasteiger charge is -2.09. The van der Waals surface area contributed by atoms with Crippen LogP contribution in [0.15, 0.2) is 18.3 Å². The highest BCUT2D eigenvalue weighted by Crippen LogP contribution is 2.21. The van der Waals surface area contributed by atoms with E-state index in [1.807, 2.05) is 13.1 Å². The average Bonchev–Trinajstić information content (AvgIpc) is 2.58. The molecule has 2 nitrogen and oxygen atoms in total. The molecule has 1 aromatic rings. The molecule has 0 bridgehead atoms. The van der Waals surface area contributed by atoms with Crippen LogP contribution in [0.2, 0.25) is 0 Å². The van der Waals surface area contributed by atoms with Gasteiger partial charge < -0.3 is 5.32 Å². The third kappa shape index (κ3) is 3.12. The molecule has 2 rings (SSSR count). The molecule has 1 aliphatic rings. The summed E-state index contributed by atoms with van der Waals surface area (Å²) in [6.45, 7) is 3.17. The second-order valence-corrected chi connectivity index (χ2v) is 3.38. The first-order chi connectivity index (χ1) is 5.86. The zero-order chi connectivity index (χ0) is 8.39. The number of aryl methyl sites for hydroxylation is 1. The van der Waals surface area contributed by atoms with Crippen LogP contribution in [0.4, 0.5) is 0 Å². The number of hydrogen-bond donors (Lipinski definition) is 1. The van der Waals surface area contributed by atoms with Gasteiger partial charge in [-0.3, -0.25) is 4.98 Å². The van der Waals surface area contributed by atoms with Crippen LogP contribution >= 0.6 is 24.8 Å². The highest BCUT2D eigenvalue weighted by atomic mass is 35.5. The zero-order valence-corrected chi connectivity index (χ0v) is 9.83. The van der Waals surface area contributed by atoms with Crippen LogP contribution in [0, 0.1) is 6.92 Å². The van der Waals surface area contributed by atoms with E-state index in [1.54, 1.807) is 0 Å². The van der Waals surface area contributed by atoms with Gasteiger partial charge in [0.05, 0.1) is 0 Å². The van der Waals surface area contributed by atoms with Crippen molar-refractivity contribution in [1.29, 1.82) is 0 Å². The van der Waals surface area contributed by atoms with Crippen molar-refractivity contribution in [2.45, 2.75) is 25.8 Å².